The van der Waals surface area contributed by atoms with Crippen molar-refractivity contribution in [2.75, 3.05) is 21.3 Å². The van der Waals surface area contributed by atoms with Crippen LogP contribution in [0.3, 0.4) is 0 Å². The molecule has 0 aliphatic carbocycles. The van der Waals surface area contributed by atoms with Crippen molar-refractivity contribution < 1.29 is 19.0 Å². The minimum absolute atomic E-state index is 0.160. The summed E-state index contributed by atoms with van der Waals surface area (Å²) in [5.74, 6) is 1.64. The summed E-state index contributed by atoms with van der Waals surface area (Å²) in [7, 11) is 4.75. The fourth-order valence-electron chi connectivity index (χ4n) is 2.85. The Morgan fingerprint density at radius 3 is 2.50 bits per heavy atom. The highest BCUT2D eigenvalue weighted by atomic mass is 16.5. The number of para-hydroxylation sites is 1. The predicted octanol–water partition coefficient (Wildman–Crippen LogP) is 3.98. The van der Waals surface area contributed by atoms with E-state index in [0.717, 1.165) is 29.0 Å². The maximum absolute atomic E-state index is 11.6. The summed E-state index contributed by atoms with van der Waals surface area (Å²) in [5.41, 5.74) is 2.27. The van der Waals surface area contributed by atoms with Crippen molar-refractivity contribution in [3.63, 3.8) is 0 Å². The molecule has 2 rings (SSSR count). The number of ether oxygens (including phenoxy) is 3. The summed E-state index contributed by atoms with van der Waals surface area (Å²) in [5, 5.41) is 0. The molecule has 0 heterocycles. The zero-order valence-corrected chi connectivity index (χ0v) is 14.5. The third-order valence-electron chi connectivity index (χ3n) is 4.12. The molecule has 0 fully saturated rings. The number of hydrogen-bond donors (Lipinski definition) is 0. The van der Waals surface area contributed by atoms with Crippen molar-refractivity contribution in [3.05, 3.63) is 59.7 Å². The molecular formula is C20H24O4. The SMILES string of the molecule is COC(=O)CCC(Cc1cccc(OC)c1)c1ccccc1OC. The number of carbonyl (C=O) groups excluding carboxylic acids is 1. The molecule has 0 amide bonds. The van der Waals surface area contributed by atoms with E-state index in [4.69, 9.17) is 14.2 Å². The van der Waals surface area contributed by atoms with E-state index < -0.39 is 0 Å². The lowest BCUT2D eigenvalue weighted by molar-refractivity contribution is -0.140. The summed E-state index contributed by atoms with van der Waals surface area (Å²) >= 11 is 0. The van der Waals surface area contributed by atoms with Crippen molar-refractivity contribution in [2.24, 2.45) is 0 Å². The molecule has 128 valence electrons. The molecule has 0 saturated carbocycles. The number of methoxy groups -OCH3 is 3. The van der Waals surface area contributed by atoms with Gasteiger partial charge in [0.05, 0.1) is 21.3 Å². The number of carbonyl (C=O) groups is 1. The summed E-state index contributed by atoms with van der Waals surface area (Å²) < 4.78 is 15.6. The van der Waals surface area contributed by atoms with E-state index >= 15 is 0 Å². The Bertz CT molecular complexity index is 666. The van der Waals surface area contributed by atoms with Gasteiger partial charge in [0.2, 0.25) is 0 Å². The van der Waals surface area contributed by atoms with Gasteiger partial charge in [0.1, 0.15) is 11.5 Å². The number of hydrogen-bond acceptors (Lipinski definition) is 4. The molecule has 0 saturated heterocycles. The highest BCUT2D eigenvalue weighted by molar-refractivity contribution is 5.69. The van der Waals surface area contributed by atoms with Crippen LogP contribution in [0.25, 0.3) is 0 Å². The Kier molecular flexibility index (Phi) is 6.67. The smallest absolute Gasteiger partial charge is 0.305 e. The molecule has 4 heteroatoms. The normalized spacial score (nSPS) is 11.6. The highest BCUT2D eigenvalue weighted by Crippen LogP contribution is 2.33. The monoisotopic (exact) mass is 328 g/mol. The first kappa shape index (κ1) is 17.9. The topological polar surface area (TPSA) is 44.8 Å². The summed E-state index contributed by atoms with van der Waals surface area (Å²) in [6.45, 7) is 0. The van der Waals surface area contributed by atoms with E-state index in [9.17, 15) is 4.79 Å². The Balaban J connectivity index is 2.26. The maximum Gasteiger partial charge on any atom is 0.305 e. The summed E-state index contributed by atoms with van der Waals surface area (Å²) in [4.78, 5) is 11.6. The first-order chi connectivity index (χ1) is 11.7. The second-order valence-electron chi connectivity index (χ2n) is 5.61. The van der Waals surface area contributed by atoms with Gasteiger partial charge in [-0.05, 0) is 48.1 Å². The van der Waals surface area contributed by atoms with Gasteiger partial charge in [-0.25, -0.2) is 0 Å². The van der Waals surface area contributed by atoms with Gasteiger partial charge in [0.25, 0.3) is 0 Å². The molecule has 0 spiro atoms. The molecular weight excluding hydrogens is 304 g/mol. The van der Waals surface area contributed by atoms with Crippen molar-refractivity contribution in [3.8, 4) is 11.5 Å². The average Bonchev–Trinajstić information content (AvgIpc) is 2.64. The lowest BCUT2D eigenvalue weighted by Crippen LogP contribution is -2.09. The van der Waals surface area contributed by atoms with Gasteiger partial charge in [0.15, 0.2) is 0 Å². The van der Waals surface area contributed by atoms with Crippen LogP contribution in [0.5, 0.6) is 11.5 Å². The minimum Gasteiger partial charge on any atom is -0.497 e. The lowest BCUT2D eigenvalue weighted by atomic mass is 9.87. The van der Waals surface area contributed by atoms with Crippen molar-refractivity contribution in [2.45, 2.75) is 25.2 Å². The molecule has 2 aromatic rings. The standard InChI is InChI=1S/C20H24O4/c1-22-17-8-6-7-15(14-17)13-16(11-12-20(21)24-3)18-9-4-5-10-19(18)23-2/h4-10,14,16H,11-13H2,1-3H3. The number of rotatable bonds is 8. The van der Waals surface area contributed by atoms with E-state index in [1.54, 1.807) is 14.2 Å². The second-order valence-corrected chi connectivity index (χ2v) is 5.61. The second kappa shape index (κ2) is 8.96. The molecule has 0 aliphatic rings. The first-order valence-electron chi connectivity index (χ1n) is 8.00. The molecule has 0 bridgehead atoms. The fraction of sp³-hybridized carbons (Fsp3) is 0.350. The average molecular weight is 328 g/mol. The molecule has 0 radical (unpaired) electrons. The minimum atomic E-state index is -0.194. The van der Waals surface area contributed by atoms with Crippen molar-refractivity contribution in [1.82, 2.24) is 0 Å². The molecule has 2 aromatic carbocycles. The van der Waals surface area contributed by atoms with Crippen LogP contribution in [-0.2, 0) is 16.0 Å². The summed E-state index contributed by atoms with van der Waals surface area (Å²) in [6.07, 6.45) is 1.88. The molecule has 24 heavy (non-hydrogen) atoms. The van der Waals surface area contributed by atoms with Gasteiger partial charge in [-0.3, -0.25) is 4.79 Å². The van der Waals surface area contributed by atoms with E-state index in [1.165, 1.54) is 7.11 Å². The van der Waals surface area contributed by atoms with Crippen LogP contribution in [0, 0.1) is 0 Å². The third-order valence-corrected chi connectivity index (χ3v) is 4.12. The predicted molar refractivity (Wildman–Crippen MR) is 93.7 cm³/mol. The van der Waals surface area contributed by atoms with Crippen LogP contribution in [0.2, 0.25) is 0 Å². The molecule has 1 unspecified atom stereocenters. The van der Waals surface area contributed by atoms with E-state index in [1.807, 2.05) is 36.4 Å². The van der Waals surface area contributed by atoms with Crippen LogP contribution in [0.15, 0.2) is 48.5 Å². The van der Waals surface area contributed by atoms with Gasteiger partial charge in [0, 0.05) is 6.42 Å². The summed E-state index contributed by atoms with van der Waals surface area (Å²) in [6, 6.07) is 16.0. The first-order valence-corrected chi connectivity index (χ1v) is 8.00. The zero-order valence-electron chi connectivity index (χ0n) is 14.5. The van der Waals surface area contributed by atoms with Crippen LogP contribution in [0.4, 0.5) is 0 Å². The van der Waals surface area contributed by atoms with Gasteiger partial charge in [-0.15, -0.1) is 0 Å². The molecule has 0 aliphatic heterocycles. The lowest BCUT2D eigenvalue weighted by Gasteiger charge is -2.20. The Morgan fingerprint density at radius 2 is 1.79 bits per heavy atom. The van der Waals surface area contributed by atoms with Crippen LogP contribution in [0.1, 0.15) is 29.9 Å². The van der Waals surface area contributed by atoms with Gasteiger partial charge in [-0.2, -0.15) is 0 Å². The van der Waals surface area contributed by atoms with Crippen molar-refractivity contribution >= 4 is 5.97 Å². The highest BCUT2D eigenvalue weighted by Gasteiger charge is 2.18. The van der Waals surface area contributed by atoms with Gasteiger partial charge in [-0.1, -0.05) is 30.3 Å². The van der Waals surface area contributed by atoms with Crippen LogP contribution < -0.4 is 9.47 Å². The number of esters is 1. The molecule has 4 nitrogen and oxygen atoms in total. The van der Waals surface area contributed by atoms with Gasteiger partial charge >= 0.3 is 5.97 Å². The van der Waals surface area contributed by atoms with Gasteiger partial charge < -0.3 is 14.2 Å². The molecule has 0 aromatic heterocycles. The quantitative estimate of drug-likeness (QED) is 0.688. The third kappa shape index (κ3) is 4.75. The Morgan fingerprint density at radius 1 is 1.00 bits per heavy atom. The van der Waals surface area contributed by atoms with E-state index in [2.05, 4.69) is 12.1 Å². The maximum atomic E-state index is 11.6. The van der Waals surface area contributed by atoms with E-state index in [0.29, 0.717) is 12.8 Å². The molecule has 1 atom stereocenters. The van der Waals surface area contributed by atoms with Crippen molar-refractivity contribution in [1.29, 1.82) is 0 Å². The fourth-order valence-corrected chi connectivity index (χ4v) is 2.85. The van der Waals surface area contributed by atoms with Crippen LogP contribution in [-0.4, -0.2) is 27.3 Å². The largest absolute Gasteiger partial charge is 0.497 e. The molecule has 0 N–H and O–H groups in total. The van der Waals surface area contributed by atoms with E-state index in [-0.39, 0.29) is 11.9 Å². The number of benzene rings is 2. The van der Waals surface area contributed by atoms with Crippen LogP contribution >= 0.6 is 0 Å². The Hall–Kier alpha value is -2.49. The Labute approximate surface area is 143 Å². The zero-order chi connectivity index (χ0) is 17.4.